The van der Waals surface area contributed by atoms with Gasteiger partial charge in [-0.3, -0.25) is 0 Å². The van der Waals surface area contributed by atoms with Crippen LogP contribution in [0.3, 0.4) is 0 Å². The van der Waals surface area contributed by atoms with Gasteiger partial charge in [-0.25, -0.2) is 0 Å². The third-order valence-corrected chi connectivity index (χ3v) is 3.22. The zero-order valence-corrected chi connectivity index (χ0v) is 12.2. The highest BCUT2D eigenvalue weighted by Gasteiger charge is 2.32. The molecular weight excluding hydrogens is 250 g/mol. The average molecular weight is 272 g/mol. The first kappa shape index (κ1) is 15.3. The summed E-state index contributed by atoms with van der Waals surface area (Å²) in [6.07, 6.45) is 0.680. The molecule has 18 heavy (non-hydrogen) atoms. The van der Waals surface area contributed by atoms with Crippen LogP contribution in [0.25, 0.3) is 0 Å². The molecule has 0 spiro atoms. The number of aliphatic hydroxyl groups excluding tert-OH is 1. The van der Waals surface area contributed by atoms with Crippen LogP contribution >= 0.6 is 11.6 Å². The van der Waals surface area contributed by atoms with E-state index >= 15 is 0 Å². The standard InChI is InChI=1S/C14H22ClNO2/c1-13(2,18-4)9-14(3,10-17)16-12-7-5-6-11(15)8-12/h5-8,16-17H,9-10H2,1-4H3. The lowest BCUT2D eigenvalue weighted by Crippen LogP contribution is -2.45. The summed E-state index contributed by atoms with van der Waals surface area (Å²) in [5.41, 5.74) is 0.138. The van der Waals surface area contributed by atoms with Crippen molar-refractivity contribution >= 4 is 17.3 Å². The molecule has 1 aromatic carbocycles. The second-order valence-electron chi connectivity index (χ2n) is 5.49. The van der Waals surface area contributed by atoms with Crippen LogP contribution in [-0.4, -0.2) is 30.0 Å². The molecule has 102 valence electrons. The van der Waals surface area contributed by atoms with E-state index in [2.05, 4.69) is 5.32 Å². The molecule has 0 aliphatic rings. The zero-order valence-electron chi connectivity index (χ0n) is 11.5. The topological polar surface area (TPSA) is 41.5 Å². The monoisotopic (exact) mass is 271 g/mol. The predicted octanol–water partition coefficient (Wildman–Crippen LogP) is 3.32. The van der Waals surface area contributed by atoms with Gasteiger partial charge < -0.3 is 15.2 Å². The van der Waals surface area contributed by atoms with Gasteiger partial charge in [0.1, 0.15) is 0 Å². The summed E-state index contributed by atoms with van der Waals surface area (Å²) in [4.78, 5) is 0. The van der Waals surface area contributed by atoms with Crippen molar-refractivity contribution in [3.63, 3.8) is 0 Å². The Morgan fingerprint density at radius 3 is 2.50 bits per heavy atom. The Morgan fingerprint density at radius 2 is 2.00 bits per heavy atom. The van der Waals surface area contributed by atoms with Gasteiger partial charge in [0, 0.05) is 24.2 Å². The molecule has 0 heterocycles. The quantitative estimate of drug-likeness (QED) is 0.834. The van der Waals surface area contributed by atoms with E-state index in [0.717, 1.165) is 5.69 Å². The highest BCUT2D eigenvalue weighted by Crippen LogP contribution is 2.27. The van der Waals surface area contributed by atoms with Crippen molar-refractivity contribution in [3.8, 4) is 0 Å². The van der Waals surface area contributed by atoms with Gasteiger partial charge in [0.15, 0.2) is 0 Å². The molecule has 0 aliphatic heterocycles. The molecule has 1 aromatic rings. The summed E-state index contributed by atoms with van der Waals surface area (Å²) in [6.45, 7) is 5.99. The number of ether oxygens (including phenoxy) is 1. The Labute approximate surface area is 114 Å². The highest BCUT2D eigenvalue weighted by atomic mass is 35.5. The van der Waals surface area contributed by atoms with Crippen molar-refractivity contribution in [2.24, 2.45) is 0 Å². The number of methoxy groups -OCH3 is 1. The van der Waals surface area contributed by atoms with Crippen molar-refractivity contribution in [2.45, 2.75) is 38.3 Å². The number of benzene rings is 1. The van der Waals surface area contributed by atoms with Gasteiger partial charge in [-0.2, -0.15) is 0 Å². The Bertz CT molecular complexity index is 395. The first-order valence-corrected chi connectivity index (χ1v) is 6.38. The van der Waals surface area contributed by atoms with Gasteiger partial charge in [0.25, 0.3) is 0 Å². The SMILES string of the molecule is COC(C)(C)CC(C)(CO)Nc1cccc(Cl)c1. The van der Waals surface area contributed by atoms with Crippen molar-refractivity contribution in [1.29, 1.82) is 0 Å². The van der Waals surface area contributed by atoms with Crippen LogP contribution in [0.2, 0.25) is 5.02 Å². The van der Waals surface area contributed by atoms with E-state index in [1.54, 1.807) is 7.11 Å². The van der Waals surface area contributed by atoms with Crippen molar-refractivity contribution in [3.05, 3.63) is 29.3 Å². The van der Waals surface area contributed by atoms with Crippen molar-refractivity contribution in [1.82, 2.24) is 0 Å². The molecule has 0 aliphatic carbocycles. The number of hydrogen-bond acceptors (Lipinski definition) is 3. The number of rotatable bonds is 6. The summed E-state index contributed by atoms with van der Waals surface area (Å²) < 4.78 is 5.42. The summed E-state index contributed by atoms with van der Waals surface area (Å²) in [6, 6.07) is 7.47. The number of anilines is 1. The van der Waals surface area contributed by atoms with Crippen LogP contribution in [0.5, 0.6) is 0 Å². The Hall–Kier alpha value is -0.770. The van der Waals surface area contributed by atoms with Crippen LogP contribution in [0.1, 0.15) is 27.2 Å². The van der Waals surface area contributed by atoms with Crippen LogP contribution in [-0.2, 0) is 4.74 Å². The number of halogens is 1. The second kappa shape index (κ2) is 5.91. The molecule has 3 nitrogen and oxygen atoms in total. The molecule has 0 saturated carbocycles. The molecule has 1 atom stereocenters. The van der Waals surface area contributed by atoms with E-state index in [1.165, 1.54) is 0 Å². The van der Waals surface area contributed by atoms with E-state index in [-0.39, 0.29) is 12.2 Å². The molecular formula is C14H22ClNO2. The smallest absolute Gasteiger partial charge is 0.0659 e. The molecule has 0 fully saturated rings. The lowest BCUT2D eigenvalue weighted by molar-refractivity contribution is -0.00531. The maximum absolute atomic E-state index is 9.62. The predicted molar refractivity (Wildman–Crippen MR) is 76.3 cm³/mol. The van der Waals surface area contributed by atoms with Crippen LogP contribution in [0, 0.1) is 0 Å². The first-order valence-electron chi connectivity index (χ1n) is 6.00. The van der Waals surface area contributed by atoms with Crippen LogP contribution in [0.4, 0.5) is 5.69 Å². The molecule has 1 rings (SSSR count). The van der Waals surface area contributed by atoms with E-state index in [9.17, 15) is 5.11 Å². The van der Waals surface area contributed by atoms with E-state index < -0.39 is 5.54 Å². The molecule has 1 unspecified atom stereocenters. The normalized spacial score (nSPS) is 15.2. The van der Waals surface area contributed by atoms with E-state index in [1.807, 2.05) is 45.0 Å². The van der Waals surface area contributed by atoms with Crippen LogP contribution in [0.15, 0.2) is 24.3 Å². The van der Waals surface area contributed by atoms with Crippen molar-refractivity contribution < 1.29 is 9.84 Å². The van der Waals surface area contributed by atoms with Gasteiger partial charge in [0.2, 0.25) is 0 Å². The average Bonchev–Trinajstić information content (AvgIpc) is 2.28. The fourth-order valence-electron chi connectivity index (χ4n) is 2.07. The van der Waals surface area contributed by atoms with Gasteiger partial charge in [-0.05, 0) is 39.0 Å². The molecule has 0 radical (unpaired) electrons. The molecule has 0 saturated heterocycles. The molecule has 0 amide bonds. The molecule has 0 bridgehead atoms. The minimum absolute atomic E-state index is 0.0201. The Kier molecular flexibility index (Phi) is 5.02. The summed E-state index contributed by atoms with van der Waals surface area (Å²) >= 11 is 5.95. The van der Waals surface area contributed by atoms with E-state index in [0.29, 0.717) is 11.4 Å². The second-order valence-corrected chi connectivity index (χ2v) is 5.93. The zero-order chi connectivity index (χ0) is 13.8. The maximum atomic E-state index is 9.62. The summed E-state index contributed by atoms with van der Waals surface area (Å²) in [5.74, 6) is 0. The van der Waals surface area contributed by atoms with Crippen molar-refractivity contribution in [2.75, 3.05) is 19.0 Å². The van der Waals surface area contributed by atoms with Gasteiger partial charge in [-0.15, -0.1) is 0 Å². The summed E-state index contributed by atoms with van der Waals surface area (Å²) in [7, 11) is 1.68. The lowest BCUT2D eigenvalue weighted by Gasteiger charge is -2.37. The first-order chi connectivity index (χ1) is 8.30. The summed E-state index contributed by atoms with van der Waals surface area (Å²) in [5, 5.41) is 13.6. The minimum Gasteiger partial charge on any atom is -0.394 e. The third kappa shape index (κ3) is 4.48. The molecule has 4 heteroatoms. The number of nitrogens with one attached hydrogen (secondary N) is 1. The molecule has 0 aromatic heterocycles. The lowest BCUT2D eigenvalue weighted by atomic mass is 9.88. The van der Waals surface area contributed by atoms with Crippen LogP contribution < -0.4 is 5.32 Å². The maximum Gasteiger partial charge on any atom is 0.0659 e. The minimum atomic E-state index is -0.454. The molecule has 2 N–H and O–H groups in total. The number of hydrogen-bond donors (Lipinski definition) is 2. The number of aliphatic hydroxyl groups is 1. The Balaban J connectivity index is 2.82. The van der Waals surface area contributed by atoms with Gasteiger partial charge in [-0.1, -0.05) is 17.7 Å². The Morgan fingerprint density at radius 1 is 1.33 bits per heavy atom. The van der Waals surface area contributed by atoms with E-state index in [4.69, 9.17) is 16.3 Å². The fraction of sp³-hybridized carbons (Fsp3) is 0.571. The fourth-order valence-corrected chi connectivity index (χ4v) is 2.26. The largest absolute Gasteiger partial charge is 0.394 e. The highest BCUT2D eigenvalue weighted by molar-refractivity contribution is 6.30. The third-order valence-electron chi connectivity index (χ3n) is 2.99. The van der Waals surface area contributed by atoms with Gasteiger partial charge in [0.05, 0.1) is 17.7 Å². The van der Waals surface area contributed by atoms with Gasteiger partial charge >= 0.3 is 0 Å².